The first-order valence-electron chi connectivity index (χ1n) is 11.4. The van der Waals surface area contributed by atoms with Crippen molar-refractivity contribution in [3.8, 4) is 28.3 Å². The van der Waals surface area contributed by atoms with Gasteiger partial charge in [0.15, 0.2) is 11.5 Å². The molecule has 34 heavy (non-hydrogen) atoms. The zero-order valence-corrected chi connectivity index (χ0v) is 19.8. The van der Waals surface area contributed by atoms with E-state index in [9.17, 15) is 4.79 Å². The van der Waals surface area contributed by atoms with Crippen LogP contribution in [-0.4, -0.2) is 47.8 Å². The highest BCUT2D eigenvalue weighted by molar-refractivity contribution is 6.30. The molecule has 2 heterocycles. The Bertz CT molecular complexity index is 1360. The molecule has 0 unspecified atom stereocenters. The number of fused-ring (bicyclic) bond motifs is 1. The SMILES string of the molecule is COc1cc(-n2cnc3ccc(-c4ccc(Cl)cc4)cc3c2=O)ccc1OCCN1CCCC1. The fourth-order valence-electron chi connectivity index (χ4n) is 4.34. The molecule has 0 radical (unpaired) electrons. The van der Waals surface area contributed by atoms with Crippen LogP contribution in [0.4, 0.5) is 0 Å². The zero-order valence-electron chi connectivity index (χ0n) is 19.0. The van der Waals surface area contributed by atoms with Gasteiger partial charge >= 0.3 is 0 Å². The maximum atomic E-state index is 13.4. The number of hydrogen-bond acceptors (Lipinski definition) is 5. The van der Waals surface area contributed by atoms with Crippen LogP contribution >= 0.6 is 11.6 Å². The van der Waals surface area contributed by atoms with Gasteiger partial charge in [-0.2, -0.15) is 0 Å². The van der Waals surface area contributed by atoms with E-state index >= 15 is 0 Å². The van der Waals surface area contributed by atoms with Gasteiger partial charge in [-0.3, -0.25) is 14.3 Å². The summed E-state index contributed by atoms with van der Waals surface area (Å²) in [6, 6.07) is 18.7. The molecule has 1 aliphatic rings. The maximum absolute atomic E-state index is 13.4. The van der Waals surface area contributed by atoms with Crippen molar-refractivity contribution in [2.24, 2.45) is 0 Å². The summed E-state index contributed by atoms with van der Waals surface area (Å²) in [6.45, 7) is 3.77. The molecule has 5 rings (SSSR count). The first kappa shape index (κ1) is 22.4. The van der Waals surface area contributed by atoms with Crippen molar-refractivity contribution < 1.29 is 9.47 Å². The minimum Gasteiger partial charge on any atom is -0.493 e. The fourth-order valence-corrected chi connectivity index (χ4v) is 4.47. The van der Waals surface area contributed by atoms with Crippen molar-refractivity contribution in [3.63, 3.8) is 0 Å². The second kappa shape index (κ2) is 9.87. The van der Waals surface area contributed by atoms with Crippen LogP contribution in [0.2, 0.25) is 5.02 Å². The van der Waals surface area contributed by atoms with Crippen molar-refractivity contribution in [2.75, 3.05) is 33.4 Å². The molecule has 0 bridgehead atoms. The number of nitrogens with zero attached hydrogens (tertiary/aromatic N) is 3. The van der Waals surface area contributed by atoms with E-state index in [0.717, 1.165) is 30.8 Å². The molecule has 6 nitrogen and oxygen atoms in total. The van der Waals surface area contributed by atoms with E-state index in [1.54, 1.807) is 13.4 Å². The van der Waals surface area contributed by atoms with Gasteiger partial charge in [-0.15, -0.1) is 0 Å². The third kappa shape index (κ3) is 4.65. The molecule has 1 aromatic heterocycles. The molecule has 1 saturated heterocycles. The molecular weight excluding hydrogens is 450 g/mol. The highest BCUT2D eigenvalue weighted by atomic mass is 35.5. The first-order chi connectivity index (χ1) is 16.6. The van der Waals surface area contributed by atoms with Gasteiger partial charge < -0.3 is 9.47 Å². The lowest BCUT2D eigenvalue weighted by molar-refractivity contribution is 0.230. The zero-order chi connectivity index (χ0) is 23.5. The van der Waals surface area contributed by atoms with Gasteiger partial charge in [0.25, 0.3) is 5.56 Å². The van der Waals surface area contributed by atoms with E-state index < -0.39 is 0 Å². The standard InChI is InChI=1S/C27H26ClN3O3/c1-33-26-17-22(9-11-25(26)34-15-14-30-12-2-3-13-30)31-18-29-24-10-6-20(16-23(24)27(31)32)19-4-7-21(28)8-5-19/h4-11,16-18H,2-3,12-15H2,1H3. The Morgan fingerprint density at radius 3 is 2.47 bits per heavy atom. The second-order valence-corrected chi connectivity index (χ2v) is 8.83. The molecule has 0 spiro atoms. The molecule has 1 fully saturated rings. The molecule has 0 amide bonds. The third-order valence-electron chi connectivity index (χ3n) is 6.22. The Morgan fingerprint density at radius 1 is 0.941 bits per heavy atom. The molecule has 0 saturated carbocycles. The lowest BCUT2D eigenvalue weighted by Crippen LogP contribution is -2.25. The number of rotatable bonds is 7. The van der Waals surface area contributed by atoms with Crippen LogP contribution in [0.15, 0.2) is 71.8 Å². The summed E-state index contributed by atoms with van der Waals surface area (Å²) < 4.78 is 13.1. The van der Waals surface area contributed by atoms with E-state index in [-0.39, 0.29) is 5.56 Å². The largest absolute Gasteiger partial charge is 0.493 e. The second-order valence-electron chi connectivity index (χ2n) is 8.39. The summed E-state index contributed by atoms with van der Waals surface area (Å²) in [4.78, 5) is 20.3. The number of hydrogen-bond donors (Lipinski definition) is 0. The predicted octanol–water partition coefficient (Wildman–Crippen LogP) is 5.19. The number of aromatic nitrogens is 2. The average Bonchev–Trinajstić information content (AvgIpc) is 3.38. The summed E-state index contributed by atoms with van der Waals surface area (Å²) in [5.41, 5.74) is 3.08. The molecular formula is C27H26ClN3O3. The summed E-state index contributed by atoms with van der Waals surface area (Å²) >= 11 is 6.02. The van der Waals surface area contributed by atoms with Crippen LogP contribution in [0.5, 0.6) is 11.5 Å². The number of methoxy groups -OCH3 is 1. The van der Waals surface area contributed by atoms with Crippen LogP contribution in [0.1, 0.15) is 12.8 Å². The van der Waals surface area contributed by atoms with Crippen LogP contribution in [0.3, 0.4) is 0 Å². The normalized spacial score (nSPS) is 13.9. The smallest absolute Gasteiger partial charge is 0.265 e. The monoisotopic (exact) mass is 475 g/mol. The van der Waals surface area contributed by atoms with Gasteiger partial charge in [-0.25, -0.2) is 4.98 Å². The number of benzene rings is 3. The maximum Gasteiger partial charge on any atom is 0.265 e. The van der Waals surface area contributed by atoms with Crippen molar-refractivity contribution in [1.29, 1.82) is 0 Å². The molecule has 0 aliphatic carbocycles. The minimum absolute atomic E-state index is 0.148. The summed E-state index contributed by atoms with van der Waals surface area (Å²) in [6.07, 6.45) is 4.07. The molecule has 4 aromatic rings. The first-order valence-corrected chi connectivity index (χ1v) is 11.8. The van der Waals surface area contributed by atoms with E-state index in [1.165, 1.54) is 17.4 Å². The van der Waals surface area contributed by atoms with Crippen LogP contribution in [0.25, 0.3) is 27.7 Å². The van der Waals surface area contributed by atoms with E-state index in [1.807, 2.05) is 60.7 Å². The summed E-state index contributed by atoms with van der Waals surface area (Å²) in [5.74, 6) is 1.25. The third-order valence-corrected chi connectivity index (χ3v) is 6.48. The van der Waals surface area contributed by atoms with Gasteiger partial charge in [-0.05, 0) is 73.5 Å². The fraction of sp³-hybridized carbons (Fsp3) is 0.259. The van der Waals surface area contributed by atoms with E-state index in [4.69, 9.17) is 21.1 Å². The van der Waals surface area contributed by atoms with E-state index in [2.05, 4.69) is 9.88 Å². The molecule has 1 aliphatic heterocycles. The summed E-state index contributed by atoms with van der Waals surface area (Å²) in [5, 5.41) is 1.21. The van der Waals surface area contributed by atoms with Gasteiger partial charge in [-0.1, -0.05) is 29.8 Å². The van der Waals surface area contributed by atoms with Crippen LogP contribution in [0, 0.1) is 0 Å². The number of ether oxygens (including phenoxy) is 2. The van der Waals surface area contributed by atoms with Gasteiger partial charge in [0, 0.05) is 17.6 Å². The van der Waals surface area contributed by atoms with Crippen molar-refractivity contribution >= 4 is 22.5 Å². The highest BCUT2D eigenvalue weighted by Gasteiger charge is 2.14. The number of likely N-dealkylation sites (tertiary alicyclic amines) is 1. The molecule has 7 heteroatoms. The van der Waals surface area contributed by atoms with Crippen molar-refractivity contribution in [2.45, 2.75) is 12.8 Å². The van der Waals surface area contributed by atoms with Crippen molar-refractivity contribution in [1.82, 2.24) is 14.5 Å². The van der Waals surface area contributed by atoms with Gasteiger partial charge in [0.1, 0.15) is 12.9 Å². The molecule has 0 N–H and O–H groups in total. The molecule has 174 valence electrons. The Hall–Kier alpha value is -3.35. The highest BCUT2D eigenvalue weighted by Crippen LogP contribution is 2.30. The Kier molecular flexibility index (Phi) is 6.52. The lowest BCUT2D eigenvalue weighted by atomic mass is 10.0. The average molecular weight is 476 g/mol. The van der Waals surface area contributed by atoms with Gasteiger partial charge in [0.2, 0.25) is 0 Å². The molecule has 0 atom stereocenters. The Balaban J connectivity index is 1.43. The topological polar surface area (TPSA) is 56.6 Å². The van der Waals surface area contributed by atoms with Crippen LogP contribution in [-0.2, 0) is 0 Å². The minimum atomic E-state index is -0.148. The summed E-state index contributed by atoms with van der Waals surface area (Å²) in [7, 11) is 1.60. The lowest BCUT2D eigenvalue weighted by Gasteiger charge is -2.17. The quantitative estimate of drug-likeness (QED) is 0.368. The Morgan fingerprint density at radius 2 is 1.71 bits per heavy atom. The van der Waals surface area contributed by atoms with Crippen molar-refractivity contribution in [3.05, 3.63) is 82.4 Å². The predicted molar refractivity (Wildman–Crippen MR) is 136 cm³/mol. The Labute approximate surface area is 203 Å². The number of halogens is 1. The molecule has 3 aromatic carbocycles. The van der Waals surface area contributed by atoms with E-state index in [0.29, 0.717) is 39.7 Å². The van der Waals surface area contributed by atoms with Crippen LogP contribution < -0.4 is 15.0 Å². The van der Waals surface area contributed by atoms with Gasteiger partial charge in [0.05, 0.1) is 23.7 Å².